The van der Waals surface area contributed by atoms with E-state index in [4.69, 9.17) is 9.84 Å². The molecule has 0 aromatic heterocycles. The minimum atomic E-state index is -0.976. The number of urea groups is 1. The highest BCUT2D eigenvalue weighted by molar-refractivity contribution is 5.76. The molecule has 1 atom stereocenters. The molecule has 19 heavy (non-hydrogen) atoms. The molecule has 0 aromatic rings. The van der Waals surface area contributed by atoms with Crippen LogP contribution in [0.5, 0.6) is 0 Å². The van der Waals surface area contributed by atoms with Gasteiger partial charge in [0, 0.05) is 13.1 Å². The van der Waals surface area contributed by atoms with Crippen molar-refractivity contribution in [1.29, 1.82) is 0 Å². The molecule has 108 valence electrons. The van der Waals surface area contributed by atoms with Crippen LogP contribution in [0.25, 0.3) is 0 Å². The second-order valence-corrected chi connectivity index (χ2v) is 5.78. The molecule has 2 heterocycles. The van der Waals surface area contributed by atoms with Crippen LogP contribution in [0.4, 0.5) is 4.79 Å². The van der Waals surface area contributed by atoms with Crippen molar-refractivity contribution in [2.45, 2.75) is 32.3 Å². The summed E-state index contributed by atoms with van der Waals surface area (Å²) in [5, 5.41) is 8.59. The van der Waals surface area contributed by atoms with Gasteiger partial charge in [0.2, 0.25) is 0 Å². The van der Waals surface area contributed by atoms with Crippen LogP contribution < -0.4 is 0 Å². The molecule has 1 N–H and O–H groups in total. The van der Waals surface area contributed by atoms with Gasteiger partial charge >= 0.3 is 12.0 Å². The average Bonchev–Trinajstić information content (AvgIpc) is 2.80. The van der Waals surface area contributed by atoms with Crippen LogP contribution in [0.3, 0.4) is 0 Å². The number of carbonyl (C=O) groups excluding carboxylic acids is 1. The summed E-state index contributed by atoms with van der Waals surface area (Å²) in [6.45, 7) is 6.33. The van der Waals surface area contributed by atoms with Gasteiger partial charge in [-0.3, -0.25) is 0 Å². The number of hydrogen-bond acceptors (Lipinski definition) is 3. The maximum Gasteiger partial charge on any atom is 0.329 e. The Labute approximate surface area is 113 Å². The number of aliphatic carboxylic acids is 1. The van der Waals surface area contributed by atoms with Crippen LogP contribution in [0, 0.1) is 5.92 Å². The van der Waals surface area contributed by atoms with E-state index in [-0.39, 0.29) is 12.6 Å². The van der Waals surface area contributed by atoms with Crippen molar-refractivity contribution in [3.8, 4) is 0 Å². The minimum Gasteiger partial charge on any atom is -0.480 e. The number of carbonyl (C=O) groups is 2. The van der Waals surface area contributed by atoms with E-state index in [0.29, 0.717) is 19.0 Å². The van der Waals surface area contributed by atoms with Gasteiger partial charge in [-0.15, -0.1) is 0 Å². The van der Waals surface area contributed by atoms with Gasteiger partial charge in [-0.05, 0) is 19.3 Å². The zero-order chi connectivity index (χ0) is 14.0. The fourth-order valence-electron chi connectivity index (χ4n) is 2.76. The first-order valence-electron chi connectivity index (χ1n) is 6.83. The number of rotatable bonds is 4. The van der Waals surface area contributed by atoms with E-state index in [0.717, 1.165) is 25.9 Å². The predicted molar refractivity (Wildman–Crippen MR) is 68.9 cm³/mol. The van der Waals surface area contributed by atoms with Crippen molar-refractivity contribution in [2.24, 2.45) is 5.92 Å². The van der Waals surface area contributed by atoms with Crippen LogP contribution in [0.15, 0.2) is 0 Å². The summed E-state index contributed by atoms with van der Waals surface area (Å²) in [5.74, 6) is -0.351. The average molecular weight is 270 g/mol. The first kappa shape index (κ1) is 14.1. The van der Waals surface area contributed by atoms with Gasteiger partial charge in [0.15, 0.2) is 0 Å². The Kier molecular flexibility index (Phi) is 3.99. The van der Waals surface area contributed by atoms with Gasteiger partial charge in [-0.1, -0.05) is 13.3 Å². The molecule has 6 heteroatoms. The summed E-state index contributed by atoms with van der Waals surface area (Å²) in [6, 6.07) is 0.0624. The Balaban J connectivity index is 1.77. The fraction of sp³-hybridized carbons (Fsp3) is 0.846. The Morgan fingerprint density at radius 1 is 1.37 bits per heavy atom. The molecule has 2 fully saturated rings. The van der Waals surface area contributed by atoms with E-state index in [1.165, 1.54) is 0 Å². The minimum absolute atomic E-state index is 0.0624. The summed E-state index contributed by atoms with van der Waals surface area (Å²) in [5.41, 5.74) is -0.502. The third kappa shape index (κ3) is 3.18. The quantitative estimate of drug-likeness (QED) is 0.828. The number of likely N-dealkylation sites (tertiary alicyclic amines) is 2. The first-order chi connectivity index (χ1) is 8.93. The Morgan fingerprint density at radius 2 is 2.05 bits per heavy atom. The van der Waals surface area contributed by atoms with Gasteiger partial charge < -0.3 is 19.6 Å². The highest BCUT2D eigenvalue weighted by Crippen LogP contribution is 2.28. The zero-order valence-corrected chi connectivity index (χ0v) is 11.6. The molecule has 6 nitrogen and oxygen atoms in total. The van der Waals surface area contributed by atoms with Gasteiger partial charge in [0.1, 0.15) is 12.2 Å². The van der Waals surface area contributed by atoms with Crippen molar-refractivity contribution in [3.63, 3.8) is 0 Å². The number of carboxylic acids is 1. The Morgan fingerprint density at radius 3 is 2.58 bits per heavy atom. The lowest BCUT2D eigenvalue weighted by atomic mass is 9.97. The van der Waals surface area contributed by atoms with Gasteiger partial charge in [0.25, 0.3) is 0 Å². The van der Waals surface area contributed by atoms with Crippen molar-refractivity contribution in [2.75, 3.05) is 32.8 Å². The third-order valence-electron chi connectivity index (χ3n) is 4.00. The molecule has 2 rings (SSSR count). The van der Waals surface area contributed by atoms with Crippen LogP contribution in [0.1, 0.15) is 26.7 Å². The molecular formula is C13H22N2O4. The number of nitrogens with zero attached hydrogens (tertiary/aromatic N) is 2. The molecule has 2 saturated heterocycles. The molecule has 1 unspecified atom stereocenters. The van der Waals surface area contributed by atoms with Crippen LogP contribution in [-0.4, -0.2) is 65.3 Å². The molecular weight excluding hydrogens is 248 g/mol. The summed E-state index contributed by atoms with van der Waals surface area (Å²) < 4.78 is 5.30. The lowest BCUT2D eigenvalue weighted by Gasteiger charge is -2.48. The fourth-order valence-corrected chi connectivity index (χ4v) is 2.76. The van der Waals surface area contributed by atoms with E-state index in [2.05, 4.69) is 6.92 Å². The van der Waals surface area contributed by atoms with Gasteiger partial charge in [0.05, 0.1) is 13.1 Å². The zero-order valence-electron chi connectivity index (χ0n) is 11.6. The summed E-state index contributed by atoms with van der Waals surface area (Å²) in [4.78, 5) is 26.3. The second-order valence-electron chi connectivity index (χ2n) is 5.78. The van der Waals surface area contributed by atoms with Crippen molar-refractivity contribution < 1.29 is 19.4 Å². The van der Waals surface area contributed by atoms with Gasteiger partial charge in [-0.2, -0.15) is 0 Å². The number of carboxylic acid groups (broad SMARTS) is 1. The van der Waals surface area contributed by atoms with E-state index < -0.39 is 11.6 Å². The van der Waals surface area contributed by atoms with Crippen LogP contribution in [-0.2, 0) is 9.53 Å². The highest BCUT2D eigenvalue weighted by atomic mass is 16.5. The second kappa shape index (κ2) is 5.36. The molecule has 2 aliphatic heterocycles. The van der Waals surface area contributed by atoms with Crippen LogP contribution in [0.2, 0.25) is 0 Å². The summed E-state index contributed by atoms with van der Waals surface area (Å²) >= 11 is 0. The normalized spacial score (nSPS) is 25.3. The van der Waals surface area contributed by atoms with E-state index in [1.54, 1.807) is 4.90 Å². The molecule has 0 radical (unpaired) electrons. The standard InChI is InChI=1S/C13H22N2O4/c1-3-10-4-5-14(6-10)12(18)15-8-13(2,9-15)19-7-11(16)17/h10H,3-9H2,1-2H3,(H,16,17). The first-order valence-corrected chi connectivity index (χ1v) is 6.83. The molecule has 0 aliphatic carbocycles. The molecule has 0 spiro atoms. The SMILES string of the molecule is CCC1CCN(C(=O)N2CC(C)(OCC(=O)O)C2)C1. The van der Waals surface area contributed by atoms with E-state index in [9.17, 15) is 9.59 Å². The molecule has 0 saturated carbocycles. The Hall–Kier alpha value is -1.30. The monoisotopic (exact) mass is 270 g/mol. The largest absolute Gasteiger partial charge is 0.480 e. The predicted octanol–water partition coefficient (Wildman–Crippen LogP) is 1.01. The topological polar surface area (TPSA) is 70.1 Å². The lowest BCUT2D eigenvalue weighted by Crippen LogP contribution is -2.65. The van der Waals surface area contributed by atoms with Crippen molar-refractivity contribution >= 4 is 12.0 Å². The van der Waals surface area contributed by atoms with Crippen molar-refractivity contribution in [3.05, 3.63) is 0 Å². The summed E-state index contributed by atoms with van der Waals surface area (Å²) in [7, 11) is 0. The molecule has 0 aromatic carbocycles. The maximum atomic E-state index is 12.2. The smallest absolute Gasteiger partial charge is 0.329 e. The van der Waals surface area contributed by atoms with Crippen LogP contribution >= 0.6 is 0 Å². The number of amides is 2. The number of hydrogen-bond donors (Lipinski definition) is 1. The Bertz CT molecular complexity index is 366. The summed E-state index contributed by atoms with van der Waals surface area (Å²) in [6.07, 6.45) is 2.20. The third-order valence-corrected chi connectivity index (χ3v) is 4.00. The molecule has 2 amide bonds. The van der Waals surface area contributed by atoms with E-state index >= 15 is 0 Å². The molecule has 2 aliphatic rings. The van der Waals surface area contributed by atoms with E-state index in [1.807, 2.05) is 11.8 Å². The highest BCUT2D eigenvalue weighted by Gasteiger charge is 2.44. The maximum absolute atomic E-state index is 12.2. The van der Waals surface area contributed by atoms with Crippen molar-refractivity contribution in [1.82, 2.24) is 9.80 Å². The van der Waals surface area contributed by atoms with Gasteiger partial charge in [-0.25, -0.2) is 9.59 Å². The molecule has 0 bridgehead atoms. The number of ether oxygens (including phenoxy) is 1. The lowest BCUT2D eigenvalue weighted by molar-refractivity contribution is -0.160.